The molecule has 0 fully saturated rings. The van der Waals surface area contributed by atoms with Crippen LogP contribution in [0.1, 0.15) is 12.5 Å². The van der Waals surface area contributed by atoms with Crippen molar-refractivity contribution in [1.29, 1.82) is 0 Å². The third kappa shape index (κ3) is 4.54. The molecule has 0 saturated heterocycles. The van der Waals surface area contributed by atoms with E-state index >= 15 is 0 Å². The van der Waals surface area contributed by atoms with Crippen molar-refractivity contribution in [1.82, 2.24) is 0 Å². The SMILES string of the molecule is Cc1cc([N+](=O)[O-])ccc1NC(=O)[C@@H](C)Oc1ccc(-c2ccccc2)cc1. The lowest BCUT2D eigenvalue weighted by Crippen LogP contribution is -2.30. The van der Waals surface area contributed by atoms with Gasteiger partial charge in [-0.05, 0) is 48.7 Å². The molecule has 0 bridgehead atoms. The standard InChI is InChI=1S/C22H20N2O4/c1-15-14-19(24(26)27)10-13-21(15)23-22(25)16(2)28-20-11-8-18(9-12-20)17-6-4-3-5-7-17/h3-14,16H,1-2H3,(H,23,25)/t16-/m1/s1. The van der Waals surface area contributed by atoms with Crippen LogP contribution in [-0.4, -0.2) is 16.9 Å². The van der Waals surface area contributed by atoms with E-state index < -0.39 is 11.0 Å². The molecule has 3 rings (SSSR count). The predicted molar refractivity (Wildman–Crippen MR) is 108 cm³/mol. The number of nitro benzene ring substituents is 1. The van der Waals surface area contributed by atoms with Crippen LogP contribution >= 0.6 is 0 Å². The molecule has 0 unspecified atom stereocenters. The zero-order valence-electron chi connectivity index (χ0n) is 15.6. The van der Waals surface area contributed by atoms with Gasteiger partial charge in [-0.2, -0.15) is 0 Å². The van der Waals surface area contributed by atoms with E-state index in [0.29, 0.717) is 17.0 Å². The molecule has 0 saturated carbocycles. The van der Waals surface area contributed by atoms with E-state index in [0.717, 1.165) is 11.1 Å². The van der Waals surface area contributed by atoms with Gasteiger partial charge in [0.25, 0.3) is 11.6 Å². The highest BCUT2D eigenvalue weighted by molar-refractivity contribution is 5.94. The molecular weight excluding hydrogens is 356 g/mol. The van der Waals surface area contributed by atoms with E-state index in [2.05, 4.69) is 5.32 Å². The second kappa shape index (κ2) is 8.35. The molecule has 0 aliphatic heterocycles. The van der Waals surface area contributed by atoms with E-state index in [1.54, 1.807) is 13.8 Å². The molecule has 0 radical (unpaired) electrons. The molecule has 3 aromatic carbocycles. The van der Waals surface area contributed by atoms with Crippen LogP contribution in [0.15, 0.2) is 72.8 Å². The van der Waals surface area contributed by atoms with Crippen molar-refractivity contribution in [2.24, 2.45) is 0 Å². The summed E-state index contributed by atoms with van der Waals surface area (Å²) in [4.78, 5) is 22.7. The Morgan fingerprint density at radius 1 is 1.00 bits per heavy atom. The molecule has 6 nitrogen and oxygen atoms in total. The number of amides is 1. The predicted octanol–water partition coefficient (Wildman–Crippen LogP) is 4.98. The summed E-state index contributed by atoms with van der Waals surface area (Å²) in [7, 11) is 0. The zero-order valence-corrected chi connectivity index (χ0v) is 15.6. The average molecular weight is 376 g/mol. The largest absolute Gasteiger partial charge is 0.481 e. The van der Waals surface area contributed by atoms with E-state index in [4.69, 9.17) is 4.74 Å². The zero-order chi connectivity index (χ0) is 20.1. The Balaban J connectivity index is 1.63. The number of carbonyl (C=O) groups is 1. The van der Waals surface area contributed by atoms with Crippen molar-refractivity contribution in [2.45, 2.75) is 20.0 Å². The van der Waals surface area contributed by atoms with Gasteiger partial charge in [-0.15, -0.1) is 0 Å². The lowest BCUT2D eigenvalue weighted by Gasteiger charge is -2.16. The van der Waals surface area contributed by atoms with Crippen LogP contribution in [0.25, 0.3) is 11.1 Å². The van der Waals surface area contributed by atoms with Gasteiger partial charge < -0.3 is 10.1 Å². The first-order valence-corrected chi connectivity index (χ1v) is 8.82. The fourth-order valence-electron chi connectivity index (χ4n) is 2.75. The normalized spacial score (nSPS) is 11.5. The summed E-state index contributed by atoms with van der Waals surface area (Å²) in [6, 6.07) is 21.8. The highest BCUT2D eigenvalue weighted by Gasteiger charge is 2.17. The van der Waals surface area contributed by atoms with Crippen molar-refractivity contribution in [3.05, 3.63) is 88.5 Å². The summed E-state index contributed by atoms with van der Waals surface area (Å²) in [5.41, 5.74) is 3.28. The van der Waals surface area contributed by atoms with Crippen LogP contribution in [0, 0.1) is 17.0 Å². The number of non-ortho nitro benzene ring substituents is 1. The first-order valence-electron chi connectivity index (χ1n) is 8.82. The van der Waals surface area contributed by atoms with Crippen molar-refractivity contribution in [3.8, 4) is 16.9 Å². The lowest BCUT2D eigenvalue weighted by molar-refractivity contribution is -0.384. The Hall–Kier alpha value is -3.67. The number of benzene rings is 3. The number of rotatable bonds is 6. The van der Waals surface area contributed by atoms with E-state index in [1.165, 1.54) is 18.2 Å². The van der Waals surface area contributed by atoms with Crippen LogP contribution in [0.4, 0.5) is 11.4 Å². The Morgan fingerprint density at radius 2 is 1.64 bits per heavy atom. The molecule has 1 atom stereocenters. The monoisotopic (exact) mass is 376 g/mol. The van der Waals surface area contributed by atoms with Gasteiger partial charge in [0.05, 0.1) is 4.92 Å². The van der Waals surface area contributed by atoms with E-state index in [9.17, 15) is 14.9 Å². The highest BCUT2D eigenvalue weighted by Crippen LogP contribution is 2.24. The second-order valence-corrected chi connectivity index (χ2v) is 6.40. The van der Waals surface area contributed by atoms with Crippen LogP contribution in [-0.2, 0) is 4.79 Å². The van der Waals surface area contributed by atoms with Crippen LogP contribution in [0.5, 0.6) is 5.75 Å². The summed E-state index contributed by atoms with van der Waals surface area (Å²) in [5.74, 6) is 0.256. The third-order valence-corrected chi connectivity index (χ3v) is 4.32. The summed E-state index contributed by atoms with van der Waals surface area (Å²) < 4.78 is 5.72. The molecule has 142 valence electrons. The van der Waals surface area contributed by atoms with Crippen molar-refractivity contribution >= 4 is 17.3 Å². The molecule has 0 aliphatic carbocycles. The number of hydrogen-bond acceptors (Lipinski definition) is 4. The lowest BCUT2D eigenvalue weighted by atomic mass is 10.1. The second-order valence-electron chi connectivity index (χ2n) is 6.40. The topological polar surface area (TPSA) is 81.5 Å². The molecule has 1 amide bonds. The van der Waals surface area contributed by atoms with E-state index in [-0.39, 0.29) is 11.6 Å². The fourth-order valence-corrected chi connectivity index (χ4v) is 2.75. The number of nitrogens with one attached hydrogen (secondary N) is 1. The number of ether oxygens (including phenoxy) is 1. The number of nitrogens with zero attached hydrogens (tertiary/aromatic N) is 1. The minimum atomic E-state index is -0.725. The van der Waals surface area contributed by atoms with Gasteiger partial charge in [-0.1, -0.05) is 42.5 Å². The van der Waals surface area contributed by atoms with Gasteiger partial charge in [-0.25, -0.2) is 0 Å². The number of nitro groups is 1. The van der Waals surface area contributed by atoms with Gasteiger partial charge in [0.1, 0.15) is 5.75 Å². The Labute approximate surface area is 162 Å². The number of carbonyl (C=O) groups excluding carboxylic acids is 1. The summed E-state index contributed by atoms with van der Waals surface area (Å²) in [5, 5.41) is 13.6. The minimum absolute atomic E-state index is 0.0155. The first kappa shape index (κ1) is 19.1. The Bertz CT molecular complexity index is 985. The van der Waals surface area contributed by atoms with Gasteiger partial charge in [0.15, 0.2) is 6.10 Å². The maximum Gasteiger partial charge on any atom is 0.269 e. The van der Waals surface area contributed by atoms with Gasteiger partial charge in [0.2, 0.25) is 0 Å². The molecule has 0 aromatic heterocycles. The van der Waals surface area contributed by atoms with Crippen molar-refractivity contribution in [3.63, 3.8) is 0 Å². The Morgan fingerprint density at radius 3 is 2.25 bits per heavy atom. The fraction of sp³-hybridized carbons (Fsp3) is 0.136. The highest BCUT2D eigenvalue weighted by atomic mass is 16.6. The molecule has 28 heavy (non-hydrogen) atoms. The van der Waals surface area contributed by atoms with Crippen LogP contribution in [0.3, 0.4) is 0 Å². The number of aryl methyl sites for hydroxylation is 1. The maximum atomic E-state index is 12.4. The molecule has 0 heterocycles. The van der Waals surface area contributed by atoms with Crippen LogP contribution in [0.2, 0.25) is 0 Å². The summed E-state index contributed by atoms with van der Waals surface area (Å²) in [6.07, 6.45) is -0.725. The Kier molecular flexibility index (Phi) is 5.69. The molecule has 1 N–H and O–H groups in total. The molecule has 0 spiro atoms. The summed E-state index contributed by atoms with van der Waals surface area (Å²) in [6.45, 7) is 3.36. The molecule has 6 heteroatoms. The number of hydrogen-bond donors (Lipinski definition) is 1. The quantitative estimate of drug-likeness (QED) is 0.486. The maximum absolute atomic E-state index is 12.4. The smallest absolute Gasteiger partial charge is 0.269 e. The van der Waals surface area contributed by atoms with E-state index in [1.807, 2.05) is 54.6 Å². The average Bonchev–Trinajstić information content (AvgIpc) is 2.70. The molecule has 3 aromatic rings. The molecular formula is C22H20N2O4. The van der Waals surface area contributed by atoms with Crippen molar-refractivity contribution < 1.29 is 14.5 Å². The third-order valence-electron chi connectivity index (χ3n) is 4.32. The van der Waals surface area contributed by atoms with Gasteiger partial charge in [0, 0.05) is 17.8 Å². The first-order chi connectivity index (χ1) is 13.4. The van der Waals surface area contributed by atoms with Gasteiger partial charge in [-0.3, -0.25) is 14.9 Å². The summed E-state index contributed by atoms with van der Waals surface area (Å²) >= 11 is 0. The van der Waals surface area contributed by atoms with Crippen LogP contribution < -0.4 is 10.1 Å². The molecule has 0 aliphatic rings. The van der Waals surface area contributed by atoms with Crippen molar-refractivity contribution in [2.75, 3.05) is 5.32 Å². The minimum Gasteiger partial charge on any atom is -0.481 e. The number of anilines is 1. The van der Waals surface area contributed by atoms with Gasteiger partial charge >= 0.3 is 0 Å².